The first-order valence-corrected chi connectivity index (χ1v) is 12.6. The molecule has 2 aromatic rings. The third kappa shape index (κ3) is 4.64. The van der Waals surface area contributed by atoms with Gasteiger partial charge in [0.05, 0.1) is 11.4 Å². The minimum absolute atomic E-state index is 0.106. The fourth-order valence-corrected chi connectivity index (χ4v) is 5.91. The van der Waals surface area contributed by atoms with Crippen molar-refractivity contribution in [3.8, 4) is 6.19 Å². The Bertz CT molecular complexity index is 1180. The van der Waals surface area contributed by atoms with Crippen LogP contribution in [0.15, 0.2) is 34.7 Å². The molecule has 0 aromatic heterocycles. The first-order valence-electron chi connectivity index (χ1n) is 10.9. The summed E-state index contributed by atoms with van der Waals surface area (Å²) in [6.07, 6.45) is 7.65. The largest absolute Gasteiger partial charge is 0.386 e. The number of aryl methyl sites for hydroxylation is 2. The van der Waals surface area contributed by atoms with Crippen molar-refractivity contribution < 1.29 is 14.1 Å². The SMILES string of the molecule is CC(C)(O)c1ccc(CS(=O)(=NC(=O)Nc2c3c(cc4c2CCC4)CCC3)NC#N)cc1. The van der Waals surface area contributed by atoms with Crippen LogP contribution in [0.2, 0.25) is 0 Å². The Labute approximate surface area is 189 Å². The maximum atomic E-state index is 13.3. The van der Waals surface area contributed by atoms with E-state index in [2.05, 4.69) is 20.5 Å². The van der Waals surface area contributed by atoms with E-state index in [9.17, 15) is 14.1 Å². The van der Waals surface area contributed by atoms with E-state index in [0.717, 1.165) is 55.3 Å². The van der Waals surface area contributed by atoms with Gasteiger partial charge in [0.1, 0.15) is 0 Å². The van der Waals surface area contributed by atoms with Crippen molar-refractivity contribution in [2.45, 2.75) is 63.7 Å². The molecule has 0 saturated carbocycles. The van der Waals surface area contributed by atoms with Gasteiger partial charge in [0, 0.05) is 5.69 Å². The number of fused-ring (bicyclic) bond motifs is 2. The van der Waals surface area contributed by atoms with Crippen LogP contribution in [0.25, 0.3) is 0 Å². The number of nitriles is 1. The molecular weight excluding hydrogens is 424 g/mol. The maximum absolute atomic E-state index is 13.3. The van der Waals surface area contributed by atoms with Gasteiger partial charge in [-0.3, -0.25) is 0 Å². The zero-order valence-electron chi connectivity index (χ0n) is 18.4. The number of nitrogens with zero attached hydrogens (tertiary/aromatic N) is 2. The van der Waals surface area contributed by atoms with Crippen molar-refractivity contribution in [3.05, 3.63) is 63.7 Å². The summed E-state index contributed by atoms with van der Waals surface area (Å²) in [5.74, 6) is -0.106. The van der Waals surface area contributed by atoms with Crippen LogP contribution in [0.5, 0.6) is 0 Å². The van der Waals surface area contributed by atoms with Gasteiger partial charge >= 0.3 is 6.03 Å². The van der Waals surface area contributed by atoms with Gasteiger partial charge in [-0.25, -0.2) is 13.7 Å². The third-order valence-corrected chi connectivity index (χ3v) is 7.76. The lowest BCUT2D eigenvalue weighted by molar-refractivity contribution is 0.0786. The molecule has 2 aromatic carbocycles. The van der Waals surface area contributed by atoms with Crippen molar-refractivity contribution in [2.75, 3.05) is 5.32 Å². The summed E-state index contributed by atoms with van der Waals surface area (Å²) in [5, 5.41) is 22.1. The molecule has 8 heteroatoms. The monoisotopic (exact) mass is 452 g/mol. The molecule has 0 fully saturated rings. The van der Waals surface area contributed by atoms with Crippen LogP contribution < -0.4 is 10.0 Å². The predicted molar refractivity (Wildman–Crippen MR) is 124 cm³/mol. The molecule has 7 nitrogen and oxygen atoms in total. The van der Waals surface area contributed by atoms with Crippen LogP contribution in [-0.4, -0.2) is 15.3 Å². The molecule has 2 aliphatic carbocycles. The number of amides is 2. The standard InChI is InChI=1S/C24H28N4O3S/c1-24(2,30)19-11-9-16(10-12-19)14-32(31,26-15-25)28-23(29)27-22-20-7-3-5-17(20)13-18-6-4-8-21(18)22/h9-13,30H,3-8,14H2,1-2H3,(H2,26,27,28,29,31). The summed E-state index contributed by atoms with van der Waals surface area (Å²) < 4.78 is 19.4. The van der Waals surface area contributed by atoms with Gasteiger partial charge in [-0.05, 0) is 85.8 Å². The van der Waals surface area contributed by atoms with Crippen LogP contribution in [0.4, 0.5) is 10.5 Å². The van der Waals surface area contributed by atoms with E-state index in [1.54, 1.807) is 44.3 Å². The van der Waals surface area contributed by atoms with Crippen LogP contribution >= 0.6 is 0 Å². The molecule has 168 valence electrons. The summed E-state index contributed by atoms with van der Waals surface area (Å²) in [6, 6.07) is 8.47. The molecule has 4 rings (SSSR count). The molecule has 0 aliphatic heterocycles. The maximum Gasteiger partial charge on any atom is 0.355 e. The Hall–Kier alpha value is -2.89. The molecule has 1 unspecified atom stereocenters. The highest BCUT2D eigenvalue weighted by atomic mass is 32.2. The number of carbonyl (C=O) groups is 1. The molecular formula is C24H28N4O3S. The number of anilines is 1. The number of carbonyl (C=O) groups excluding carboxylic acids is 1. The van der Waals surface area contributed by atoms with Gasteiger partial charge < -0.3 is 10.4 Å². The molecule has 0 heterocycles. The molecule has 3 N–H and O–H groups in total. The normalized spacial score (nSPS) is 16.4. The molecule has 2 aliphatic rings. The van der Waals surface area contributed by atoms with Gasteiger partial charge in [0.2, 0.25) is 0 Å². The molecule has 0 radical (unpaired) electrons. The van der Waals surface area contributed by atoms with E-state index in [0.29, 0.717) is 11.1 Å². The molecule has 0 spiro atoms. The van der Waals surface area contributed by atoms with Crippen LogP contribution in [0.3, 0.4) is 0 Å². The van der Waals surface area contributed by atoms with Gasteiger partial charge in [-0.15, -0.1) is 4.36 Å². The minimum atomic E-state index is -3.35. The predicted octanol–water partition coefficient (Wildman–Crippen LogP) is 4.08. The highest BCUT2D eigenvalue weighted by molar-refractivity contribution is 7.91. The second-order valence-corrected chi connectivity index (χ2v) is 11.0. The average Bonchev–Trinajstić information content (AvgIpc) is 3.36. The quantitative estimate of drug-likeness (QED) is 0.468. The van der Waals surface area contributed by atoms with Crippen molar-refractivity contribution in [3.63, 3.8) is 0 Å². The molecule has 32 heavy (non-hydrogen) atoms. The molecule has 2 amide bonds. The Morgan fingerprint density at radius 3 is 2.25 bits per heavy atom. The van der Waals surface area contributed by atoms with Gasteiger partial charge in [0.15, 0.2) is 16.1 Å². The van der Waals surface area contributed by atoms with Gasteiger partial charge in [-0.1, -0.05) is 30.3 Å². The topological polar surface area (TPSA) is 115 Å². The fourth-order valence-electron chi connectivity index (χ4n) is 4.63. The minimum Gasteiger partial charge on any atom is -0.386 e. The van der Waals surface area contributed by atoms with Crippen molar-refractivity contribution in [2.24, 2.45) is 4.36 Å². The van der Waals surface area contributed by atoms with E-state index in [1.807, 2.05) is 0 Å². The first-order chi connectivity index (χ1) is 15.2. The summed E-state index contributed by atoms with van der Waals surface area (Å²) in [7, 11) is -3.35. The lowest BCUT2D eigenvalue weighted by Crippen LogP contribution is -2.23. The summed E-state index contributed by atoms with van der Waals surface area (Å²) >= 11 is 0. The van der Waals surface area contributed by atoms with E-state index < -0.39 is 21.5 Å². The van der Waals surface area contributed by atoms with Gasteiger partial charge in [-0.2, -0.15) is 5.26 Å². The second-order valence-electron chi connectivity index (χ2n) is 9.01. The molecule has 1 atom stereocenters. The number of benzene rings is 2. The van der Waals surface area contributed by atoms with E-state index >= 15 is 0 Å². The number of rotatable bonds is 5. The third-order valence-electron chi connectivity index (χ3n) is 6.16. The van der Waals surface area contributed by atoms with Crippen LogP contribution in [0.1, 0.15) is 60.1 Å². The zero-order valence-corrected chi connectivity index (χ0v) is 19.2. The smallest absolute Gasteiger partial charge is 0.355 e. The summed E-state index contributed by atoms with van der Waals surface area (Å²) in [6.45, 7) is 3.36. The van der Waals surface area contributed by atoms with E-state index in [-0.39, 0.29) is 5.75 Å². The average molecular weight is 453 g/mol. The lowest BCUT2D eigenvalue weighted by Gasteiger charge is -2.18. The number of nitrogens with one attached hydrogen (secondary N) is 2. The van der Waals surface area contributed by atoms with E-state index in [1.165, 1.54) is 11.1 Å². The highest BCUT2D eigenvalue weighted by Gasteiger charge is 2.25. The molecule has 0 bridgehead atoms. The number of hydrogen-bond donors (Lipinski definition) is 3. The van der Waals surface area contributed by atoms with Crippen molar-refractivity contribution in [1.29, 1.82) is 5.26 Å². The Morgan fingerprint density at radius 1 is 1.12 bits per heavy atom. The Balaban J connectivity index is 1.60. The van der Waals surface area contributed by atoms with Crippen molar-refractivity contribution in [1.82, 2.24) is 4.72 Å². The molecule has 0 saturated heterocycles. The van der Waals surface area contributed by atoms with Gasteiger partial charge in [0.25, 0.3) is 0 Å². The van der Waals surface area contributed by atoms with Crippen LogP contribution in [0, 0.1) is 11.5 Å². The zero-order chi connectivity index (χ0) is 22.9. The van der Waals surface area contributed by atoms with Crippen molar-refractivity contribution >= 4 is 21.6 Å². The number of urea groups is 1. The van der Waals surface area contributed by atoms with Crippen LogP contribution in [-0.2, 0) is 47.0 Å². The number of aliphatic hydroxyl groups is 1. The number of hydrogen-bond acceptors (Lipinski definition) is 4. The summed E-state index contributed by atoms with van der Waals surface area (Å²) in [5.41, 5.74) is 6.08. The van der Waals surface area contributed by atoms with E-state index in [4.69, 9.17) is 5.26 Å². The fraction of sp³-hybridized carbons (Fsp3) is 0.417. The lowest BCUT2D eigenvalue weighted by atomic mass is 9.98. The first kappa shape index (κ1) is 22.3. The Morgan fingerprint density at radius 2 is 1.72 bits per heavy atom. The summed E-state index contributed by atoms with van der Waals surface area (Å²) in [4.78, 5) is 12.8. The highest BCUT2D eigenvalue weighted by Crippen LogP contribution is 2.38. The second kappa shape index (κ2) is 8.57. The Kier molecular flexibility index (Phi) is 5.97.